The molecule has 0 aromatic heterocycles. The van der Waals surface area contributed by atoms with Gasteiger partial charge in [-0.2, -0.15) is 4.72 Å². The molecule has 1 atom stereocenters. The van der Waals surface area contributed by atoms with Crippen LogP contribution in [-0.2, 0) is 10.0 Å². The monoisotopic (exact) mass is 395 g/mol. The summed E-state index contributed by atoms with van der Waals surface area (Å²) >= 11 is 0. The van der Waals surface area contributed by atoms with Gasteiger partial charge in [0, 0.05) is 0 Å². The average molecular weight is 396 g/mol. The lowest BCUT2D eigenvalue weighted by Gasteiger charge is -2.22. The highest BCUT2D eigenvalue weighted by molar-refractivity contribution is 7.89. The van der Waals surface area contributed by atoms with E-state index in [-0.39, 0.29) is 4.90 Å². The standard InChI is InChI=1S/C23H25NO3S/c1-16-10-8-9-13-20(16)23(19-11-6-5-7-12-19)24-28(25,26)22-15-14-21(27-4)17(2)18(22)3/h5-15,23-24H,1-4H3/t23-/m1/s1. The Morgan fingerprint density at radius 1 is 0.821 bits per heavy atom. The van der Waals surface area contributed by atoms with E-state index < -0.39 is 16.1 Å². The van der Waals surface area contributed by atoms with Crippen LogP contribution < -0.4 is 9.46 Å². The molecule has 28 heavy (non-hydrogen) atoms. The van der Waals surface area contributed by atoms with Crippen molar-refractivity contribution < 1.29 is 13.2 Å². The van der Waals surface area contributed by atoms with Gasteiger partial charge in [0.25, 0.3) is 0 Å². The Hall–Kier alpha value is -2.63. The Labute approximate surface area is 167 Å². The second kappa shape index (κ2) is 8.17. The van der Waals surface area contributed by atoms with E-state index in [0.717, 1.165) is 22.3 Å². The smallest absolute Gasteiger partial charge is 0.241 e. The molecular formula is C23H25NO3S. The van der Waals surface area contributed by atoms with Crippen LogP contribution in [-0.4, -0.2) is 15.5 Å². The Morgan fingerprint density at radius 2 is 1.46 bits per heavy atom. The molecule has 0 aliphatic heterocycles. The summed E-state index contributed by atoms with van der Waals surface area (Å²) in [6, 6.07) is 20.3. The third-order valence-corrected chi connectivity index (χ3v) is 6.67. The summed E-state index contributed by atoms with van der Waals surface area (Å²) in [5.74, 6) is 0.676. The molecule has 0 fully saturated rings. The third kappa shape index (κ3) is 3.96. The molecule has 3 rings (SSSR count). The molecule has 0 radical (unpaired) electrons. The summed E-state index contributed by atoms with van der Waals surface area (Å²) in [5, 5.41) is 0. The molecule has 1 N–H and O–H groups in total. The van der Waals surface area contributed by atoms with Gasteiger partial charge in [-0.1, -0.05) is 54.6 Å². The third-order valence-electron chi connectivity index (χ3n) is 5.10. The number of nitrogens with one attached hydrogen (secondary N) is 1. The minimum Gasteiger partial charge on any atom is -0.496 e. The molecule has 0 saturated carbocycles. The maximum absolute atomic E-state index is 13.3. The molecule has 0 unspecified atom stereocenters. The van der Waals surface area contributed by atoms with Crippen molar-refractivity contribution in [2.45, 2.75) is 31.7 Å². The highest BCUT2D eigenvalue weighted by Gasteiger charge is 2.26. The summed E-state index contributed by atoms with van der Waals surface area (Å²) in [5.41, 5.74) is 4.35. The number of sulfonamides is 1. The zero-order valence-electron chi connectivity index (χ0n) is 16.6. The van der Waals surface area contributed by atoms with Gasteiger partial charge in [-0.05, 0) is 60.7 Å². The Balaban J connectivity index is 2.09. The Kier molecular flexibility index (Phi) is 5.87. The first-order valence-corrected chi connectivity index (χ1v) is 10.6. The Bertz CT molecular complexity index is 1080. The molecule has 146 valence electrons. The normalized spacial score (nSPS) is 12.6. The van der Waals surface area contributed by atoms with Crippen molar-refractivity contribution >= 4 is 10.0 Å². The van der Waals surface area contributed by atoms with E-state index in [9.17, 15) is 8.42 Å². The molecule has 0 aliphatic rings. The van der Waals surface area contributed by atoms with Crippen molar-refractivity contribution in [3.8, 4) is 5.75 Å². The predicted molar refractivity (Wildman–Crippen MR) is 112 cm³/mol. The van der Waals surface area contributed by atoms with E-state index >= 15 is 0 Å². The summed E-state index contributed by atoms with van der Waals surface area (Å²) < 4.78 is 34.9. The zero-order valence-corrected chi connectivity index (χ0v) is 17.4. The van der Waals surface area contributed by atoms with Gasteiger partial charge in [0.15, 0.2) is 0 Å². The zero-order chi connectivity index (χ0) is 20.3. The van der Waals surface area contributed by atoms with Gasteiger partial charge in [0.05, 0.1) is 18.0 Å². The van der Waals surface area contributed by atoms with Gasteiger partial charge in [-0.3, -0.25) is 0 Å². The van der Waals surface area contributed by atoms with Crippen LogP contribution >= 0.6 is 0 Å². The SMILES string of the molecule is COc1ccc(S(=O)(=O)N[C@H](c2ccccc2)c2ccccc2C)c(C)c1C. The highest BCUT2D eigenvalue weighted by atomic mass is 32.2. The van der Waals surface area contributed by atoms with Crippen molar-refractivity contribution in [3.63, 3.8) is 0 Å². The molecule has 0 amide bonds. The second-order valence-electron chi connectivity index (χ2n) is 6.84. The molecule has 0 aliphatic carbocycles. The van der Waals surface area contributed by atoms with E-state index in [4.69, 9.17) is 4.74 Å². The van der Waals surface area contributed by atoms with Gasteiger partial charge in [0.2, 0.25) is 10.0 Å². The van der Waals surface area contributed by atoms with Crippen LogP contribution in [0.4, 0.5) is 0 Å². The molecule has 4 nitrogen and oxygen atoms in total. The predicted octanol–water partition coefficient (Wildman–Crippen LogP) is 4.69. The van der Waals surface area contributed by atoms with Crippen LogP contribution in [0, 0.1) is 20.8 Å². The molecule has 3 aromatic carbocycles. The molecular weight excluding hydrogens is 370 g/mol. The van der Waals surface area contributed by atoms with E-state index in [1.54, 1.807) is 26.2 Å². The van der Waals surface area contributed by atoms with Gasteiger partial charge in [-0.25, -0.2) is 8.42 Å². The van der Waals surface area contributed by atoms with E-state index in [1.165, 1.54) is 0 Å². The van der Waals surface area contributed by atoms with E-state index in [1.807, 2.05) is 68.4 Å². The average Bonchev–Trinajstić information content (AvgIpc) is 2.69. The lowest BCUT2D eigenvalue weighted by molar-refractivity contribution is 0.410. The van der Waals surface area contributed by atoms with E-state index in [2.05, 4.69) is 4.72 Å². The number of benzene rings is 3. The molecule has 0 spiro atoms. The quantitative estimate of drug-likeness (QED) is 0.659. The van der Waals surface area contributed by atoms with Gasteiger partial charge in [0.1, 0.15) is 5.75 Å². The van der Waals surface area contributed by atoms with Crippen molar-refractivity contribution in [1.82, 2.24) is 4.72 Å². The van der Waals surface area contributed by atoms with Crippen molar-refractivity contribution in [1.29, 1.82) is 0 Å². The first-order chi connectivity index (χ1) is 13.3. The van der Waals surface area contributed by atoms with Crippen LogP contribution in [0.1, 0.15) is 33.9 Å². The lowest BCUT2D eigenvalue weighted by atomic mass is 9.96. The number of ether oxygens (including phenoxy) is 1. The molecule has 0 bridgehead atoms. The van der Waals surface area contributed by atoms with Crippen LogP contribution in [0.3, 0.4) is 0 Å². The second-order valence-corrected chi connectivity index (χ2v) is 8.52. The number of methoxy groups -OCH3 is 1. The minimum absolute atomic E-state index is 0.264. The van der Waals surface area contributed by atoms with Crippen LogP contribution in [0.2, 0.25) is 0 Å². The fraction of sp³-hybridized carbons (Fsp3) is 0.217. The molecule has 0 heterocycles. The number of rotatable bonds is 6. The number of hydrogen-bond donors (Lipinski definition) is 1. The first kappa shape index (κ1) is 20.1. The first-order valence-electron chi connectivity index (χ1n) is 9.12. The fourth-order valence-electron chi connectivity index (χ4n) is 3.37. The summed E-state index contributed by atoms with van der Waals surface area (Å²) in [4.78, 5) is 0.264. The molecule has 0 saturated heterocycles. The van der Waals surface area contributed by atoms with Crippen molar-refractivity contribution in [2.24, 2.45) is 0 Å². The maximum Gasteiger partial charge on any atom is 0.241 e. The Morgan fingerprint density at radius 3 is 2.11 bits per heavy atom. The van der Waals surface area contributed by atoms with Crippen molar-refractivity contribution in [3.05, 3.63) is 94.5 Å². The van der Waals surface area contributed by atoms with Crippen LogP contribution in [0.25, 0.3) is 0 Å². The summed E-state index contributed by atoms with van der Waals surface area (Å²) in [6.07, 6.45) is 0. The summed E-state index contributed by atoms with van der Waals surface area (Å²) in [7, 11) is -2.18. The molecule has 5 heteroatoms. The fourth-order valence-corrected chi connectivity index (χ4v) is 4.87. The maximum atomic E-state index is 13.3. The topological polar surface area (TPSA) is 55.4 Å². The van der Waals surface area contributed by atoms with Gasteiger partial charge < -0.3 is 4.74 Å². The van der Waals surface area contributed by atoms with E-state index in [0.29, 0.717) is 11.3 Å². The highest BCUT2D eigenvalue weighted by Crippen LogP contribution is 2.30. The largest absolute Gasteiger partial charge is 0.496 e. The van der Waals surface area contributed by atoms with Gasteiger partial charge in [-0.15, -0.1) is 0 Å². The lowest BCUT2D eigenvalue weighted by Crippen LogP contribution is -2.30. The minimum atomic E-state index is -3.76. The van der Waals surface area contributed by atoms with Gasteiger partial charge >= 0.3 is 0 Å². The molecule has 3 aromatic rings. The number of aryl methyl sites for hydroxylation is 1. The van der Waals surface area contributed by atoms with Crippen LogP contribution in [0.15, 0.2) is 71.6 Å². The van der Waals surface area contributed by atoms with Crippen LogP contribution in [0.5, 0.6) is 5.75 Å². The number of hydrogen-bond acceptors (Lipinski definition) is 3. The van der Waals surface area contributed by atoms with Crippen molar-refractivity contribution in [2.75, 3.05) is 7.11 Å². The summed E-state index contributed by atoms with van der Waals surface area (Å²) in [6.45, 7) is 5.66.